The number of azide groups is 1. The first-order valence-corrected chi connectivity index (χ1v) is 18.2. The van der Waals surface area contributed by atoms with Crippen LogP contribution in [0.1, 0.15) is 138 Å². The van der Waals surface area contributed by atoms with Crippen LogP contribution < -0.4 is 5.32 Å². The van der Waals surface area contributed by atoms with Crippen LogP contribution in [0.4, 0.5) is 8.78 Å². The fourth-order valence-corrected chi connectivity index (χ4v) is 8.33. The Morgan fingerprint density at radius 3 is 2.26 bits per heavy atom. The molecule has 2 saturated heterocycles. The molecule has 47 heavy (non-hydrogen) atoms. The first-order valence-electron chi connectivity index (χ1n) is 18.2. The van der Waals surface area contributed by atoms with Crippen LogP contribution in [-0.2, 0) is 11.2 Å². The molecule has 2 aromatic rings. The molecule has 1 aliphatic carbocycles. The molecule has 5 rings (SSSR count). The van der Waals surface area contributed by atoms with Gasteiger partial charge in [-0.2, -0.15) is 0 Å². The monoisotopic (exact) mass is 652 g/mol. The number of alkyl halides is 2. The number of halogens is 2. The van der Waals surface area contributed by atoms with Crippen molar-refractivity contribution in [1.29, 1.82) is 0 Å². The SMILES string of the molecule is Cc1nnc(CCCCCCCCCCN=[N+]=[N-])n1C1CC2CCC(C1)N2CC[C@H](NC(=O)C1CCC(F)(F)CC1)c1ccccc1. The summed E-state index contributed by atoms with van der Waals surface area (Å²) in [6.45, 7) is 3.61. The van der Waals surface area contributed by atoms with Crippen molar-refractivity contribution in [3.05, 3.63) is 58.0 Å². The number of piperidine rings is 1. The lowest BCUT2D eigenvalue weighted by molar-refractivity contribution is -0.130. The highest BCUT2D eigenvalue weighted by molar-refractivity contribution is 5.79. The van der Waals surface area contributed by atoms with Crippen molar-refractivity contribution >= 4 is 5.91 Å². The molecule has 11 heteroatoms. The summed E-state index contributed by atoms with van der Waals surface area (Å²) in [5.41, 5.74) is 9.44. The third-order valence-electron chi connectivity index (χ3n) is 10.9. The van der Waals surface area contributed by atoms with E-state index in [1.54, 1.807) is 0 Å². The zero-order valence-electron chi connectivity index (χ0n) is 28.2. The Morgan fingerprint density at radius 1 is 0.957 bits per heavy atom. The lowest BCUT2D eigenvalue weighted by Crippen LogP contribution is -2.45. The van der Waals surface area contributed by atoms with Gasteiger partial charge in [-0.3, -0.25) is 9.69 Å². The third-order valence-corrected chi connectivity index (χ3v) is 10.9. The standard InChI is InChI=1S/C36H54F2N8O/c1-27-42-43-34(15-11-6-4-2-3-5-7-12-23-40-44-39)46(27)32-25-30-16-17-31(26-32)45(30)24-20-33(28-13-9-8-10-14-28)41-35(47)29-18-21-36(37,38)22-19-29/h8-10,13-14,29-33H,2-7,11-12,15-26H2,1H3,(H,41,47)/t30?,31?,32?,33-/m0/s1. The van der Waals surface area contributed by atoms with Crippen molar-refractivity contribution < 1.29 is 13.6 Å². The molecular weight excluding hydrogens is 598 g/mol. The van der Waals surface area contributed by atoms with Gasteiger partial charge in [0.15, 0.2) is 0 Å². The lowest BCUT2D eigenvalue weighted by atomic mass is 9.86. The van der Waals surface area contributed by atoms with Crippen LogP contribution in [0, 0.1) is 12.8 Å². The number of rotatable bonds is 18. The number of nitrogens with one attached hydrogen (secondary N) is 1. The van der Waals surface area contributed by atoms with Crippen molar-refractivity contribution in [2.24, 2.45) is 11.0 Å². The first-order chi connectivity index (χ1) is 22.8. The van der Waals surface area contributed by atoms with Gasteiger partial charge in [-0.1, -0.05) is 74.0 Å². The van der Waals surface area contributed by atoms with Crippen LogP contribution in [0.15, 0.2) is 35.4 Å². The Morgan fingerprint density at radius 2 is 1.60 bits per heavy atom. The van der Waals surface area contributed by atoms with E-state index < -0.39 is 5.92 Å². The maximum Gasteiger partial charge on any atom is 0.248 e. The molecule has 3 heterocycles. The van der Waals surface area contributed by atoms with Crippen molar-refractivity contribution in [3.8, 4) is 0 Å². The number of nitrogens with zero attached hydrogens (tertiary/aromatic N) is 7. The van der Waals surface area contributed by atoms with E-state index in [9.17, 15) is 13.6 Å². The van der Waals surface area contributed by atoms with Gasteiger partial charge in [-0.05, 0) is 75.8 Å². The Kier molecular flexibility index (Phi) is 13.0. The molecule has 9 nitrogen and oxygen atoms in total. The van der Waals surface area contributed by atoms with E-state index in [1.807, 2.05) is 18.2 Å². The van der Waals surface area contributed by atoms with Crippen molar-refractivity contribution in [1.82, 2.24) is 25.0 Å². The highest BCUT2D eigenvalue weighted by Gasteiger charge is 2.42. The third kappa shape index (κ3) is 9.99. The van der Waals surface area contributed by atoms with E-state index in [4.69, 9.17) is 5.53 Å². The molecule has 0 spiro atoms. The van der Waals surface area contributed by atoms with Crippen LogP contribution in [0.25, 0.3) is 10.4 Å². The van der Waals surface area contributed by atoms with Gasteiger partial charge < -0.3 is 9.88 Å². The number of fused-ring (bicyclic) bond motifs is 2. The molecule has 2 unspecified atom stereocenters. The molecule has 1 aromatic heterocycles. The number of aryl methyl sites for hydroxylation is 2. The van der Waals surface area contributed by atoms with Crippen LogP contribution in [0.2, 0.25) is 0 Å². The summed E-state index contributed by atoms with van der Waals surface area (Å²) in [6.07, 6.45) is 15.9. The van der Waals surface area contributed by atoms with E-state index >= 15 is 0 Å². The van der Waals surface area contributed by atoms with Gasteiger partial charge in [0.25, 0.3) is 0 Å². The van der Waals surface area contributed by atoms with Gasteiger partial charge in [-0.15, -0.1) is 10.2 Å². The van der Waals surface area contributed by atoms with Crippen molar-refractivity contribution in [3.63, 3.8) is 0 Å². The average molecular weight is 653 g/mol. The molecule has 1 amide bonds. The van der Waals surface area contributed by atoms with Gasteiger partial charge in [0.2, 0.25) is 11.8 Å². The maximum absolute atomic E-state index is 13.7. The van der Waals surface area contributed by atoms with Gasteiger partial charge in [0, 0.05) is 61.3 Å². The number of unbranched alkanes of at least 4 members (excludes halogenated alkanes) is 7. The molecular formula is C36H54F2N8O. The van der Waals surface area contributed by atoms with E-state index in [-0.39, 0.29) is 43.6 Å². The Bertz CT molecular complexity index is 1290. The molecule has 3 fully saturated rings. The fourth-order valence-electron chi connectivity index (χ4n) is 8.33. The summed E-state index contributed by atoms with van der Waals surface area (Å²) in [4.78, 5) is 18.7. The molecule has 3 atom stereocenters. The second-order valence-electron chi connectivity index (χ2n) is 14.2. The van der Waals surface area contributed by atoms with Gasteiger partial charge in [0.05, 0.1) is 6.04 Å². The molecule has 1 N–H and O–H groups in total. The van der Waals surface area contributed by atoms with Crippen LogP contribution >= 0.6 is 0 Å². The van der Waals surface area contributed by atoms with E-state index in [0.29, 0.717) is 24.7 Å². The van der Waals surface area contributed by atoms with E-state index in [2.05, 4.69) is 54.1 Å². The summed E-state index contributed by atoms with van der Waals surface area (Å²) in [7, 11) is 0. The highest BCUT2D eigenvalue weighted by Crippen LogP contribution is 2.42. The summed E-state index contributed by atoms with van der Waals surface area (Å²) >= 11 is 0. The number of carbonyl (C=O) groups excluding carboxylic acids is 1. The number of hydrogen-bond donors (Lipinski definition) is 1. The quantitative estimate of drug-likeness (QED) is 0.0751. The predicted octanol–water partition coefficient (Wildman–Crippen LogP) is 8.80. The normalized spacial score (nSPS) is 23.3. The van der Waals surface area contributed by atoms with Crippen LogP contribution in [0.5, 0.6) is 0 Å². The van der Waals surface area contributed by atoms with Gasteiger partial charge in [-0.25, -0.2) is 8.78 Å². The smallest absolute Gasteiger partial charge is 0.248 e. The lowest BCUT2D eigenvalue weighted by Gasteiger charge is -2.40. The highest BCUT2D eigenvalue weighted by atomic mass is 19.3. The second kappa shape index (κ2) is 17.4. The van der Waals surface area contributed by atoms with E-state index in [0.717, 1.165) is 68.7 Å². The average Bonchev–Trinajstić information content (AvgIpc) is 3.55. The zero-order chi connectivity index (χ0) is 33.1. The fraction of sp³-hybridized carbons (Fsp3) is 0.750. The molecule has 2 aliphatic heterocycles. The molecule has 0 radical (unpaired) electrons. The topological polar surface area (TPSA) is 112 Å². The molecule has 2 bridgehead atoms. The zero-order valence-corrected chi connectivity index (χ0v) is 28.2. The Hall–Kier alpha value is -3.04. The van der Waals surface area contributed by atoms with Crippen LogP contribution in [0.3, 0.4) is 0 Å². The minimum Gasteiger partial charge on any atom is -0.349 e. The molecule has 1 saturated carbocycles. The Labute approximate surface area is 278 Å². The van der Waals surface area contributed by atoms with E-state index in [1.165, 1.54) is 44.9 Å². The number of hydrogen-bond acceptors (Lipinski definition) is 5. The number of benzene rings is 1. The molecule has 258 valence electrons. The van der Waals surface area contributed by atoms with Crippen LogP contribution in [-0.4, -0.2) is 56.7 Å². The summed E-state index contributed by atoms with van der Waals surface area (Å²) in [5, 5.41) is 16.0. The minimum absolute atomic E-state index is 0.0782. The summed E-state index contributed by atoms with van der Waals surface area (Å²) in [6, 6.07) is 11.4. The number of amides is 1. The molecule has 1 aromatic carbocycles. The van der Waals surface area contributed by atoms with Crippen molar-refractivity contribution in [2.75, 3.05) is 13.1 Å². The largest absolute Gasteiger partial charge is 0.349 e. The minimum atomic E-state index is -2.63. The molecule has 3 aliphatic rings. The summed E-state index contributed by atoms with van der Waals surface area (Å²) < 4.78 is 29.9. The predicted molar refractivity (Wildman–Crippen MR) is 180 cm³/mol. The van der Waals surface area contributed by atoms with Crippen molar-refractivity contribution in [2.45, 2.75) is 153 Å². The number of carbonyl (C=O) groups is 1. The number of aromatic nitrogens is 3. The second-order valence-corrected chi connectivity index (χ2v) is 14.2. The maximum atomic E-state index is 13.7. The van der Waals surface area contributed by atoms with Gasteiger partial charge in [0.1, 0.15) is 11.6 Å². The Balaban J connectivity index is 1.10. The summed E-state index contributed by atoms with van der Waals surface area (Å²) in [5.74, 6) is -0.895. The van der Waals surface area contributed by atoms with Gasteiger partial charge >= 0.3 is 0 Å². The first kappa shape index (κ1) is 35.3.